The van der Waals surface area contributed by atoms with E-state index in [1.54, 1.807) is 23.7 Å². The van der Waals surface area contributed by atoms with Gasteiger partial charge in [-0.25, -0.2) is 0 Å². The van der Waals surface area contributed by atoms with E-state index in [9.17, 15) is 9.59 Å². The molecule has 2 unspecified atom stereocenters. The normalized spacial score (nSPS) is 17.5. The first kappa shape index (κ1) is 18.4. The molecule has 4 heteroatoms. The summed E-state index contributed by atoms with van der Waals surface area (Å²) < 4.78 is 7.95. The second kappa shape index (κ2) is 6.99. The second-order valence-electron chi connectivity index (χ2n) is 7.78. The number of carbonyl (C=O) groups is 1. The maximum Gasteiger partial charge on any atom is 0.258 e. The number of ketones is 1. The zero-order valence-corrected chi connectivity index (χ0v) is 16.8. The van der Waals surface area contributed by atoms with Crippen molar-refractivity contribution in [2.24, 2.45) is 7.05 Å². The highest BCUT2D eigenvalue weighted by Crippen LogP contribution is 2.45. The predicted molar refractivity (Wildman–Crippen MR) is 117 cm³/mol. The first-order chi connectivity index (χ1) is 14.6. The lowest BCUT2D eigenvalue weighted by atomic mass is 9.85. The number of ether oxygens (including phenoxy) is 1. The van der Waals surface area contributed by atoms with Crippen LogP contribution in [0.1, 0.15) is 33.0 Å². The number of rotatable bonds is 3. The number of benzene rings is 3. The number of hydrogen-bond donors (Lipinski definition) is 0. The fraction of sp³-hybridized carbons (Fsp3) is 0.154. The van der Waals surface area contributed by atoms with Crippen LogP contribution >= 0.6 is 0 Å². The van der Waals surface area contributed by atoms with Crippen LogP contribution in [-0.2, 0) is 7.05 Å². The molecular weight excluding hydrogens is 374 g/mol. The van der Waals surface area contributed by atoms with Crippen molar-refractivity contribution in [3.63, 3.8) is 0 Å². The first-order valence-electron chi connectivity index (χ1n) is 10.0. The molecule has 1 aliphatic rings. The van der Waals surface area contributed by atoms with Crippen LogP contribution in [0.4, 0.5) is 0 Å². The van der Waals surface area contributed by atoms with Crippen LogP contribution in [0.3, 0.4) is 0 Å². The average molecular weight is 395 g/mol. The fourth-order valence-corrected chi connectivity index (χ4v) is 4.32. The summed E-state index contributed by atoms with van der Waals surface area (Å²) in [7, 11) is 1.77. The Morgan fingerprint density at radius 2 is 1.57 bits per heavy atom. The standard InChI is InChI=1S/C26H21NO3/c1-16-12-14-17(15-13-16)21-22-24(19-10-6-7-11-20(19)27(2)26(22)29)30-25(21)23(28)18-8-4-3-5-9-18/h3-15,21,25H,1-2H3. The smallest absolute Gasteiger partial charge is 0.258 e. The summed E-state index contributed by atoms with van der Waals surface area (Å²) in [6, 6.07) is 24.8. The minimum Gasteiger partial charge on any atom is -0.480 e. The molecule has 0 bridgehead atoms. The Bertz CT molecular complexity index is 1320. The highest BCUT2D eigenvalue weighted by Gasteiger charge is 2.43. The zero-order valence-electron chi connectivity index (χ0n) is 16.8. The molecule has 0 fully saturated rings. The van der Waals surface area contributed by atoms with Gasteiger partial charge in [0, 0.05) is 18.0 Å². The van der Waals surface area contributed by atoms with Gasteiger partial charge in [0.05, 0.1) is 17.0 Å². The summed E-state index contributed by atoms with van der Waals surface area (Å²) in [4.78, 5) is 26.9. The minimum absolute atomic E-state index is 0.122. The molecule has 5 rings (SSSR count). The molecule has 0 aliphatic carbocycles. The molecule has 0 spiro atoms. The van der Waals surface area contributed by atoms with E-state index in [-0.39, 0.29) is 11.3 Å². The lowest BCUT2D eigenvalue weighted by molar-refractivity contribution is 0.0808. The Labute approximate surface area is 174 Å². The molecule has 148 valence electrons. The number of carbonyl (C=O) groups excluding carboxylic acids is 1. The van der Waals surface area contributed by atoms with Crippen LogP contribution < -0.4 is 10.3 Å². The van der Waals surface area contributed by atoms with Crippen LogP contribution in [-0.4, -0.2) is 16.5 Å². The summed E-state index contributed by atoms with van der Waals surface area (Å²) in [5.74, 6) is -0.0614. The van der Waals surface area contributed by atoms with Gasteiger partial charge < -0.3 is 9.30 Å². The van der Waals surface area contributed by atoms with E-state index in [1.807, 2.05) is 73.7 Å². The number of hydrogen-bond acceptors (Lipinski definition) is 3. The largest absolute Gasteiger partial charge is 0.480 e. The fourth-order valence-electron chi connectivity index (χ4n) is 4.32. The SMILES string of the molecule is Cc1ccc(C2c3c(c4ccccc4n(C)c3=O)OC2C(=O)c2ccccc2)cc1. The van der Waals surface area contributed by atoms with Gasteiger partial charge in [0.25, 0.3) is 5.56 Å². The highest BCUT2D eigenvalue weighted by atomic mass is 16.5. The summed E-state index contributed by atoms with van der Waals surface area (Å²) in [6.07, 6.45) is -0.788. The van der Waals surface area contributed by atoms with Gasteiger partial charge in [0.2, 0.25) is 5.78 Å². The van der Waals surface area contributed by atoms with Crippen molar-refractivity contribution in [1.82, 2.24) is 4.57 Å². The van der Waals surface area contributed by atoms with E-state index < -0.39 is 12.0 Å². The number of para-hydroxylation sites is 1. The number of aryl methyl sites for hydroxylation is 2. The third kappa shape index (κ3) is 2.76. The topological polar surface area (TPSA) is 48.3 Å². The van der Waals surface area contributed by atoms with Gasteiger partial charge in [-0.2, -0.15) is 0 Å². The lowest BCUT2D eigenvalue weighted by Crippen LogP contribution is -2.32. The van der Waals surface area contributed by atoms with Crippen molar-refractivity contribution in [2.75, 3.05) is 0 Å². The molecular formula is C26H21NO3. The molecule has 3 aromatic carbocycles. The number of Topliss-reactive ketones (excluding diaryl/α,β-unsaturated/α-hetero) is 1. The Hall–Kier alpha value is -3.66. The van der Waals surface area contributed by atoms with Gasteiger partial charge in [-0.1, -0.05) is 72.3 Å². The Morgan fingerprint density at radius 3 is 2.30 bits per heavy atom. The summed E-state index contributed by atoms with van der Waals surface area (Å²) in [5, 5.41) is 0.843. The Kier molecular flexibility index (Phi) is 4.28. The van der Waals surface area contributed by atoms with E-state index in [4.69, 9.17) is 4.74 Å². The third-order valence-corrected chi connectivity index (χ3v) is 5.90. The summed E-state index contributed by atoms with van der Waals surface area (Å²) in [5.41, 5.74) is 3.81. The van der Waals surface area contributed by atoms with E-state index in [0.29, 0.717) is 16.9 Å². The van der Waals surface area contributed by atoms with Crippen molar-refractivity contribution in [1.29, 1.82) is 0 Å². The summed E-state index contributed by atoms with van der Waals surface area (Å²) in [6.45, 7) is 2.02. The first-order valence-corrected chi connectivity index (χ1v) is 10.0. The monoisotopic (exact) mass is 395 g/mol. The van der Waals surface area contributed by atoms with Gasteiger partial charge in [0.15, 0.2) is 6.10 Å². The van der Waals surface area contributed by atoms with Crippen molar-refractivity contribution in [3.8, 4) is 5.75 Å². The molecule has 0 N–H and O–H groups in total. The van der Waals surface area contributed by atoms with Gasteiger partial charge in [-0.3, -0.25) is 9.59 Å². The minimum atomic E-state index is -0.788. The van der Waals surface area contributed by atoms with E-state index in [2.05, 4.69) is 0 Å². The predicted octanol–water partition coefficient (Wildman–Crippen LogP) is 4.62. The van der Waals surface area contributed by atoms with Gasteiger partial charge in [-0.15, -0.1) is 0 Å². The second-order valence-corrected chi connectivity index (χ2v) is 7.78. The van der Waals surface area contributed by atoms with Crippen molar-refractivity contribution < 1.29 is 9.53 Å². The van der Waals surface area contributed by atoms with Crippen LogP contribution in [0, 0.1) is 6.92 Å². The number of aromatic nitrogens is 1. The number of fused-ring (bicyclic) bond motifs is 3. The third-order valence-electron chi connectivity index (χ3n) is 5.90. The maximum atomic E-state index is 13.5. The lowest BCUT2D eigenvalue weighted by Gasteiger charge is -2.18. The number of nitrogens with zero attached hydrogens (tertiary/aromatic N) is 1. The highest BCUT2D eigenvalue weighted by molar-refractivity contribution is 6.02. The van der Waals surface area contributed by atoms with Crippen molar-refractivity contribution in [2.45, 2.75) is 18.9 Å². The molecule has 0 saturated carbocycles. The molecule has 0 radical (unpaired) electrons. The van der Waals surface area contributed by atoms with E-state index in [1.165, 1.54) is 0 Å². The van der Waals surface area contributed by atoms with E-state index >= 15 is 0 Å². The van der Waals surface area contributed by atoms with Crippen molar-refractivity contribution >= 4 is 16.7 Å². The molecule has 4 nitrogen and oxygen atoms in total. The molecule has 0 saturated heterocycles. The molecule has 30 heavy (non-hydrogen) atoms. The van der Waals surface area contributed by atoms with Crippen LogP contribution in [0.25, 0.3) is 10.9 Å². The summed E-state index contributed by atoms with van der Waals surface area (Å²) >= 11 is 0. The maximum absolute atomic E-state index is 13.5. The molecule has 2 atom stereocenters. The average Bonchev–Trinajstić information content (AvgIpc) is 3.19. The molecule has 1 aromatic heterocycles. The molecule has 2 heterocycles. The van der Waals surface area contributed by atoms with Gasteiger partial charge in [-0.05, 0) is 24.6 Å². The Morgan fingerprint density at radius 1 is 0.900 bits per heavy atom. The van der Waals surface area contributed by atoms with Crippen LogP contribution in [0.15, 0.2) is 83.7 Å². The molecule has 1 aliphatic heterocycles. The number of pyridine rings is 1. The van der Waals surface area contributed by atoms with Crippen molar-refractivity contribution in [3.05, 3.63) is 111 Å². The van der Waals surface area contributed by atoms with E-state index in [0.717, 1.165) is 22.0 Å². The zero-order chi connectivity index (χ0) is 20.8. The molecule has 0 amide bonds. The quantitative estimate of drug-likeness (QED) is 0.476. The van der Waals surface area contributed by atoms with Crippen LogP contribution in [0.5, 0.6) is 5.75 Å². The Balaban J connectivity index is 1.77. The van der Waals surface area contributed by atoms with Gasteiger partial charge >= 0.3 is 0 Å². The molecule has 4 aromatic rings. The van der Waals surface area contributed by atoms with Gasteiger partial charge in [0.1, 0.15) is 5.75 Å². The van der Waals surface area contributed by atoms with Crippen LogP contribution in [0.2, 0.25) is 0 Å².